The van der Waals surface area contributed by atoms with Crippen LogP contribution in [-0.2, 0) is 0 Å². The van der Waals surface area contributed by atoms with Crippen molar-refractivity contribution in [3.63, 3.8) is 0 Å². The molecule has 1 rings (SSSR count). The van der Waals surface area contributed by atoms with Gasteiger partial charge in [-0.2, -0.15) is 5.10 Å². The average Bonchev–Trinajstić information content (AvgIpc) is 2.49. The summed E-state index contributed by atoms with van der Waals surface area (Å²) in [5, 5.41) is 5.68. The molecule has 5 nitrogen and oxygen atoms in total. The molecule has 0 aromatic carbocycles. The highest BCUT2D eigenvalue weighted by molar-refractivity contribution is 5.56. The van der Waals surface area contributed by atoms with E-state index >= 15 is 0 Å². The lowest BCUT2D eigenvalue weighted by Crippen LogP contribution is -2.23. The lowest BCUT2D eigenvalue weighted by molar-refractivity contribution is 0.401. The zero-order chi connectivity index (χ0) is 16.5. The molecule has 1 unspecified atom stereocenters. The van der Waals surface area contributed by atoms with E-state index in [4.69, 9.17) is 5.73 Å². The van der Waals surface area contributed by atoms with Gasteiger partial charge >= 0.3 is 0 Å². The summed E-state index contributed by atoms with van der Waals surface area (Å²) >= 11 is 0. The topological polar surface area (TPSA) is 57.2 Å². The molecule has 0 aromatic heterocycles. The van der Waals surface area contributed by atoms with Crippen LogP contribution < -0.4 is 5.73 Å². The van der Waals surface area contributed by atoms with Crippen LogP contribution in [0.15, 0.2) is 45.7 Å². The Labute approximate surface area is 134 Å². The third-order valence-electron chi connectivity index (χ3n) is 3.84. The SMILES string of the molecule is C=NN(C=NC)CC1=CC(/C(=C\N)CCN(C)C)[C@H](C)C=C1. The van der Waals surface area contributed by atoms with Crippen LogP contribution in [0.5, 0.6) is 0 Å². The van der Waals surface area contributed by atoms with Crippen molar-refractivity contribution in [2.45, 2.75) is 13.3 Å². The number of hydrogen-bond donors (Lipinski definition) is 1. The minimum atomic E-state index is 0.343. The smallest absolute Gasteiger partial charge is 0.106 e. The first-order valence-electron chi connectivity index (χ1n) is 7.61. The first-order valence-corrected chi connectivity index (χ1v) is 7.61. The van der Waals surface area contributed by atoms with Crippen LogP contribution in [0.2, 0.25) is 0 Å². The summed E-state index contributed by atoms with van der Waals surface area (Å²) in [5.41, 5.74) is 8.37. The number of nitrogens with two attached hydrogens (primary N) is 1. The summed E-state index contributed by atoms with van der Waals surface area (Å²) in [4.78, 5) is 6.16. The molecule has 1 aliphatic rings. The molecule has 0 bridgehead atoms. The van der Waals surface area contributed by atoms with Crippen LogP contribution in [0, 0.1) is 11.8 Å². The Bertz CT molecular complexity index is 473. The number of allylic oxidation sites excluding steroid dienone is 2. The van der Waals surface area contributed by atoms with Crippen LogP contribution in [0.25, 0.3) is 0 Å². The van der Waals surface area contributed by atoms with Crippen LogP contribution >= 0.6 is 0 Å². The molecule has 5 heteroatoms. The quantitative estimate of drug-likeness (QED) is 0.424. The third kappa shape index (κ3) is 5.48. The highest BCUT2D eigenvalue weighted by Crippen LogP contribution is 2.30. The monoisotopic (exact) mass is 303 g/mol. The van der Waals surface area contributed by atoms with Gasteiger partial charge in [0.25, 0.3) is 0 Å². The van der Waals surface area contributed by atoms with Gasteiger partial charge in [-0.15, -0.1) is 0 Å². The maximum atomic E-state index is 5.88. The second-order valence-corrected chi connectivity index (χ2v) is 5.89. The van der Waals surface area contributed by atoms with E-state index in [2.05, 4.69) is 61.0 Å². The Morgan fingerprint density at radius 3 is 2.73 bits per heavy atom. The molecule has 0 aliphatic heterocycles. The molecule has 2 N–H and O–H groups in total. The number of aliphatic imine (C=N–C) groups is 1. The van der Waals surface area contributed by atoms with Crippen molar-refractivity contribution in [1.82, 2.24) is 9.91 Å². The predicted molar refractivity (Wildman–Crippen MR) is 96.0 cm³/mol. The van der Waals surface area contributed by atoms with E-state index in [9.17, 15) is 0 Å². The Morgan fingerprint density at radius 1 is 1.45 bits per heavy atom. The van der Waals surface area contributed by atoms with Gasteiger partial charge in [-0.05, 0) is 43.8 Å². The van der Waals surface area contributed by atoms with Gasteiger partial charge in [-0.25, -0.2) is 0 Å². The number of nitrogens with zero attached hydrogens (tertiary/aromatic N) is 4. The molecular weight excluding hydrogens is 274 g/mol. The fraction of sp³-hybridized carbons (Fsp3) is 0.529. The number of hydrogen-bond acceptors (Lipinski definition) is 4. The van der Waals surface area contributed by atoms with Crippen molar-refractivity contribution in [1.29, 1.82) is 0 Å². The molecule has 0 heterocycles. The fourth-order valence-corrected chi connectivity index (χ4v) is 2.54. The first kappa shape index (κ1) is 18.2. The van der Waals surface area contributed by atoms with Gasteiger partial charge in [0, 0.05) is 26.2 Å². The van der Waals surface area contributed by atoms with E-state index in [1.165, 1.54) is 11.1 Å². The maximum absolute atomic E-state index is 5.88. The van der Waals surface area contributed by atoms with E-state index < -0.39 is 0 Å². The largest absolute Gasteiger partial charge is 0.405 e. The molecular formula is C17H29N5. The van der Waals surface area contributed by atoms with Crippen LogP contribution in [0.1, 0.15) is 13.3 Å². The van der Waals surface area contributed by atoms with Crippen molar-refractivity contribution >= 4 is 13.1 Å². The Hall–Kier alpha value is -1.88. The fourth-order valence-electron chi connectivity index (χ4n) is 2.54. The summed E-state index contributed by atoms with van der Waals surface area (Å²) < 4.78 is 0. The average molecular weight is 303 g/mol. The van der Waals surface area contributed by atoms with E-state index in [-0.39, 0.29) is 0 Å². The van der Waals surface area contributed by atoms with E-state index in [0.717, 1.165) is 13.0 Å². The second kappa shape index (κ2) is 9.20. The highest BCUT2D eigenvalue weighted by atomic mass is 15.4. The molecule has 0 saturated carbocycles. The van der Waals surface area contributed by atoms with Crippen molar-refractivity contribution in [3.05, 3.63) is 35.6 Å². The standard InChI is InChI=1S/C17H29N5/c1-14-6-7-15(12-22(20-3)13-19-2)10-17(14)16(11-18)8-9-21(4)5/h6-7,10-11,13-14,17H,3,8-9,12,18H2,1-2,4-5H3/b16-11-,19-13?/t14-,17?/m1/s1. The minimum Gasteiger partial charge on any atom is -0.405 e. The molecule has 1 aliphatic carbocycles. The van der Waals surface area contributed by atoms with Gasteiger partial charge in [0.05, 0.1) is 6.54 Å². The lowest BCUT2D eigenvalue weighted by Gasteiger charge is -2.27. The van der Waals surface area contributed by atoms with Gasteiger partial charge in [0.2, 0.25) is 0 Å². The van der Waals surface area contributed by atoms with E-state index in [1.807, 2.05) is 0 Å². The molecule has 0 radical (unpaired) electrons. The lowest BCUT2D eigenvalue weighted by atomic mass is 9.81. The van der Waals surface area contributed by atoms with Crippen molar-refractivity contribution in [3.8, 4) is 0 Å². The summed E-state index contributed by atoms with van der Waals surface area (Å²) in [6, 6.07) is 0. The molecule has 0 fully saturated rings. The molecule has 2 atom stereocenters. The second-order valence-electron chi connectivity index (χ2n) is 5.89. The predicted octanol–water partition coefficient (Wildman–Crippen LogP) is 2.10. The first-order chi connectivity index (χ1) is 10.5. The minimum absolute atomic E-state index is 0.343. The third-order valence-corrected chi connectivity index (χ3v) is 3.84. The van der Waals surface area contributed by atoms with Gasteiger partial charge in [-0.3, -0.25) is 10.0 Å². The van der Waals surface area contributed by atoms with Gasteiger partial charge in [0.1, 0.15) is 6.34 Å². The number of rotatable bonds is 8. The van der Waals surface area contributed by atoms with Crippen LogP contribution in [0.3, 0.4) is 0 Å². The normalized spacial score (nSPS) is 22.2. The van der Waals surface area contributed by atoms with Crippen LogP contribution in [0.4, 0.5) is 0 Å². The molecule has 122 valence electrons. The summed E-state index contributed by atoms with van der Waals surface area (Å²) in [5.74, 6) is 0.792. The zero-order valence-corrected chi connectivity index (χ0v) is 14.2. The van der Waals surface area contributed by atoms with E-state index in [1.54, 1.807) is 24.6 Å². The Morgan fingerprint density at radius 2 is 2.18 bits per heavy atom. The van der Waals surface area contributed by atoms with Gasteiger partial charge < -0.3 is 10.6 Å². The zero-order valence-electron chi connectivity index (χ0n) is 14.2. The Kier molecular flexibility index (Phi) is 7.60. The molecule has 0 aromatic rings. The van der Waals surface area contributed by atoms with Gasteiger partial charge in [0.15, 0.2) is 0 Å². The van der Waals surface area contributed by atoms with Crippen molar-refractivity contribution in [2.75, 3.05) is 34.2 Å². The summed E-state index contributed by atoms with van der Waals surface area (Å²) in [6.07, 6.45) is 11.1. The summed E-state index contributed by atoms with van der Waals surface area (Å²) in [7, 11) is 5.89. The molecule has 0 saturated heterocycles. The van der Waals surface area contributed by atoms with Crippen molar-refractivity contribution in [2.24, 2.45) is 27.7 Å². The van der Waals surface area contributed by atoms with Crippen LogP contribution in [-0.4, -0.2) is 57.2 Å². The molecule has 0 amide bonds. The molecule has 22 heavy (non-hydrogen) atoms. The van der Waals surface area contributed by atoms with E-state index in [0.29, 0.717) is 18.4 Å². The highest BCUT2D eigenvalue weighted by Gasteiger charge is 2.21. The number of hydrazone groups is 1. The Balaban J connectivity index is 2.84. The molecule has 0 spiro atoms. The van der Waals surface area contributed by atoms with Gasteiger partial charge in [-0.1, -0.05) is 25.2 Å². The van der Waals surface area contributed by atoms with Crippen molar-refractivity contribution < 1.29 is 0 Å². The maximum Gasteiger partial charge on any atom is 0.106 e. The summed E-state index contributed by atoms with van der Waals surface area (Å²) in [6.45, 7) is 7.48.